The number of likely N-dealkylation sites (tertiary alicyclic amines) is 2. The standard InChI is InChI=1S/C42H48N6O4/c1-41(2,3)51-39(49)47-31-17-25(31)19-33(47)37-43-29-13-9-23-15-21(7-11-27(23)35(29)45-37)22-8-12-28-24(16-22)10-14-30-36(28)46-38(44-30)34-20-26-18-32(26)48(34)40(50)52-42(4,5)6/h7-8,11-12,15-16,25-26,31-34H,9-10,13-14,17-20H2,1-6H3,(H,43,45)(H,44,46)/t25-,26-,31-,32-,33+,34?/m1/s1. The van der Waals surface area contributed by atoms with Crippen LogP contribution in [0.2, 0.25) is 0 Å². The summed E-state index contributed by atoms with van der Waals surface area (Å²) in [5.74, 6) is 2.86. The molecular weight excluding hydrogens is 652 g/mol. The van der Waals surface area contributed by atoms with Crippen LogP contribution in [-0.4, -0.2) is 65.2 Å². The van der Waals surface area contributed by atoms with Gasteiger partial charge in [-0.3, -0.25) is 9.80 Å². The third kappa shape index (κ3) is 5.35. The molecule has 0 spiro atoms. The van der Waals surface area contributed by atoms with Crippen LogP contribution in [0.4, 0.5) is 9.59 Å². The molecular formula is C42H48N6O4. The third-order valence-corrected chi connectivity index (χ3v) is 12.0. The third-order valence-electron chi connectivity index (χ3n) is 12.0. The summed E-state index contributed by atoms with van der Waals surface area (Å²) in [6.45, 7) is 11.5. The Morgan fingerprint density at radius 3 is 1.46 bits per heavy atom. The number of amides is 2. The number of benzene rings is 2. The van der Waals surface area contributed by atoms with E-state index in [1.54, 1.807) is 0 Å². The molecule has 52 heavy (non-hydrogen) atoms. The largest absolute Gasteiger partial charge is 0.444 e. The maximum Gasteiger partial charge on any atom is 0.411 e. The first kappa shape index (κ1) is 32.1. The van der Waals surface area contributed by atoms with Crippen LogP contribution in [0.3, 0.4) is 0 Å². The van der Waals surface area contributed by atoms with E-state index in [0.29, 0.717) is 11.8 Å². The number of rotatable bonds is 3. The SMILES string of the molecule is CC(C)(C)OC(=O)N1C(c2nc3c([nH]2)-c2ccc(-c4ccc5c(c4)CCc4nc([C@@H]6C[C@H]7C[C@H]7N6C(=O)OC(C)(C)C)[nH]c4-5)cc2CC3)C[C@H]2C[C@H]21. The highest BCUT2D eigenvalue weighted by molar-refractivity contribution is 5.79. The molecule has 270 valence electrons. The molecule has 4 aliphatic carbocycles. The minimum Gasteiger partial charge on any atom is -0.444 e. The fourth-order valence-electron chi connectivity index (χ4n) is 9.49. The fourth-order valence-corrected chi connectivity index (χ4v) is 9.49. The van der Waals surface area contributed by atoms with Gasteiger partial charge in [-0.25, -0.2) is 19.6 Å². The number of ether oxygens (including phenoxy) is 2. The molecule has 2 aromatic heterocycles. The van der Waals surface area contributed by atoms with Gasteiger partial charge in [-0.05, 0) is 127 Å². The van der Waals surface area contributed by atoms with Gasteiger partial charge in [0.05, 0.1) is 34.9 Å². The molecule has 2 N–H and O–H groups in total. The summed E-state index contributed by atoms with van der Waals surface area (Å²) in [5.41, 5.74) is 10.8. The van der Waals surface area contributed by atoms with Crippen LogP contribution in [-0.2, 0) is 35.2 Å². The molecule has 2 amide bonds. The normalized spacial score (nSPS) is 26.5. The second kappa shape index (κ2) is 11.0. The van der Waals surface area contributed by atoms with Crippen molar-refractivity contribution in [2.75, 3.05) is 0 Å². The van der Waals surface area contributed by atoms with Crippen LogP contribution in [0.1, 0.15) is 113 Å². The van der Waals surface area contributed by atoms with Gasteiger partial charge in [0, 0.05) is 23.2 Å². The van der Waals surface area contributed by atoms with E-state index in [4.69, 9.17) is 19.4 Å². The van der Waals surface area contributed by atoms with E-state index in [9.17, 15) is 9.59 Å². The topological polar surface area (TPSA) is 116 Å². The molecule has 10 nitrogen and oxygen atoms in total. The average molecular weight is 701 g/mol. The van der Waals surface area contributed by atoms with Crippen molar-refractivity contribution in [2.45, 2.75) is 128 Å². The molecule has 2 saturated heterocycles. The number of fused-ring (bicyclic) bond motifs is 8. The lowest BCUT2D eigenvalue weighted by Crippen LogP contribution is -2.38. The first-order valence-electron chi connectivity index (χ1n) is 19.2. The number of nitrogens with zero attached hydrogens (tertiary/aromatic N) is 4. The highest BCUT2D eigenvalue weighted by atomic mass is 16.6. The van der Waals surface area contributed by atoms with Crippen molar-refractivity contribution in [1.29, 1.82) is 0 Å². The zero-order valence-corrected chi connectivity index (χ0v) is 31.0. The molecule has 4 heterocycles. The van der Waals surface area contributed by atoms with Gasteiger partial charge in [-0.15, -0.1) is 0 Å². The predicted octanol–water partition coefficient (Wildman–Crippen LogP) is 8.47. The number of carbonyl (C=O) groups is 2. The van der Waals surface area contributed by atoms with Crippen molar-refractivity contribution < 1.29 is 19.1 Å². The number of imidazole rings is 2. The number of aryl methyl sites for hydroxylation is 4. The molecule has 4 fully saturated rings. The van der Waals surface area contributed by atoms with Gasteiger partial charge >= 0.3 is 12.2 Å². The van der Waals surface area contributed by atoms with E-state index in [0.717, 1.165) is 85.8 Å². The summed E-state index contributed by atoms with van der Waals surface area (Å²) < 4.78 is 11.6. The molecule has 0 radical (unpaired) electrons. The number of aromatic amines is 2. The van der Waals surface area contributed by atoms with Crippen LogP contribution in [0, 0.1) is 11.8 Å². The Balaban J connectivity index is 0.894. The van der Waals surface area contributed by atoms with Crippen molar-refractivity contribution in [3.8, 4) is 33.6 Å². The number of H-pyrrole nitrogens is 2. The van der Waals surface area contributed by atoms with Crippen LogP contribution < -0.4 is 0 Å². The maximum atomic E-state index is 13.2. The van der Waals surface area contributed by atoms with E-state index in [-0.39, 0.29) is 36.4 Å². The molecule has 10 heteroatoms. The smallest absolute Gasteiger partial charge is 0.411 e. The zero-order chi connectivity index (χ0) is 35.8. The molecule has 2 aliphatic heterocycles. The van der Waals surface area contributed by atoms with Crippen molar-refractivity contribution in [1.82, 2.24) is 29.7 Å². The van der Waals surface area contributed by atoms with E-state index < -0.39 is 11.2 Å². The lowest BCUT2D eigenvalue weighted by Gasteiger charge is -2.29. The number of piperidine rings is 2. The maximum absolute atomic E-state index is 13.2. The summed E-state index contributed by atoms with van der Waals surface area (Å²) in [4.78, 5) is 47.9. The summed E-state index contributed by atoms with van der Waals surface area (Å²) in [6, 6.07) is 14.0. The van der Waals surface area contributed by atoms with Crippen LogP contribution in [0.5, 0.6) is 0 Å². The number of hydrogen-bond donors (Lipinski definition) is 2. The average Bonchev–Trinajstić information content (AvgIpc) is 3.72. The number of aromatic nitrogens is 4. The summed E-state index contributed by atoms with van der Waals surface area (Å²) in [6.07, 6.45) is 7.14. The van der Waals surface area contributed by atoms with Gasteiger partial charge in [0.15, 0.2) is 0 Å². The second-order valence-electron chi connectivity index (χ2n) is 18.0. The first-order valence-corrected chi connectivity index (χ1v) is 19.2. The minimum atomic E-state index is -0.528. The zero-order valence-electron chi connectivity index (χ0n) is 31.0. The van der Waals surface area contributed by atoms with Crippen LogP contribution in [0.25, 0.3) is 33.6 Å². The summed E-state index contributed by atoms with van der Waals surface area (Å²) in [5, 5.41) is 0. The Kier molecular flexibility index (Phi) is 6.76. The van der Waals surface area contributed by atoms with Gasteiger partial charge < -0.3 is 19.4 Å². The molecule has 10 rings (SSSR count). The molecule has 6 atom stereocenters. The molecule has 4 aromatic rings. The minimum absolute atomic E-state index is 0.0680. The van der Waals surface area contributed by atoms with Gasteiger partial charge in [0.2, 0.25) is 0 Å². The van der Waals surface area contributed by atoms with E-state index in [1.165, 1.54) is 33.4 Å². The van der Waals surface area contributed by atoms with Crippen molar-refractivity contribution in [3.05, 3.63) is 70.6 Å². The number of carbonyl (C=O) groups excluding carboxylic acids is 2. The Labute approximate surface area is 304 Å². The fraction of sp³-hybridized carbons (Fsp3) is 0.524. The van der Waals surface area contributed by atoms with Crippen molar-refractivity contribution in [3.63, 3.8) is 0 Å². The van der Waals surface area contributed by atoms with Crippen molar-refractivity contribution >= 4 is 12.2 Å². The lowest BCUT2D eigenvalue weighted by molar-refractivity contribution is 0.0164. The van der Waals surface area contributed by atoms with E-state index >= 15 is 0 Å². The van der Waals surface area contributed by atoms with Gasteiger partial charge in [-0.1, -0.05) is 36.4 Å². The quantitative estimate of drug-likeness (QED) is 0.222. The highest BCUT2D eigenvalue weighted by Crippen LogP contribution is 2.55. The molecule has 1 unspecified atom stereocenters. The predicted molar refractivity (Wildman–Crippen MR) is 197 cm³/mol. The number of nitrogens with one attached hydrogen (secondary N) is 2. The molecule has 6 aliphatic rings. The van der Waals surface area contributed by atoms with Crippen LogP contribution >= 0.6 is 0 Å². The van der Waals surface area contributed by atoms with E-state index in [2.05, 4.69) is 46.4 Å². The molecule has 0 bridgehead atoms. The second-order valence-corrected chi connectivity index (χ2v) is 18.0. The summed E-state index contributed by atoms with van der Waals surface area (Å²) in [7, 11) is 0. The monoisotopic (exact) mass is 700 g/mol. The van der Waals surface area contributed by atoms with E-state index in [1.807, 2.05) is 51.3 Å². The molecule has 2 aromatic carbocycles. The van der Waals surface area contributed by atoms with Gasteiger partial charge in [0.1, 0.15) is 22.9 Å². The molecule has 2 saturated carbocycles. The van der Waals surface area contributed by atoms with Crippen LogP contribution in [0.15, 0.2) is 36.4 Å². The Morgan fingerprint density at radius 1 is 0.635 bits per heavy atom. The Bertz CT molecular complexity index is 2000. The Morgan fingerprint density at radius 2 is 1.06 bits per heavy atom. The van der Waals surface area contributed by atoms with Crippen molar-refractivity contribution in [2.24, 2.45) is 11.8 Å². The lowest BCUT2D eigenvalue weighted by atomic mass is 9.87. The highest BCUT2D eigenvalue weighted by Gasteiger charge is 2.57. The van der Waals surface area contributed by atoms with Gasteiger partial charge in [0.25, 0.3) is 0 Å². The van der Waals surface area contributed by atoms with Gasteiger partial charge in [-0.2, -0.15) is 0 Å². The first-order chi connectivity index (χ1) is 24.8. The number of hydrogen-bond acceptors (Lipinski definition) is 6. The summed E-state index contributed by atoms with van der Waals surface area (Å²) >= 11 is 0. The Hall–Kier alpha value is -4.60.